The largest absolute Gasteiger partial charge is 0.466 e. The molecule has 0 atom stereocenters. The van der Waals surface area contributed by atoms with Crippen molar-refractivity contribution in [1.82, 2.24) is 0 Å². The highest BCUT2D eigenvalue weighted by Crippen LogP contribution is 2.27. The molecule has 0 aromatic heterocycles. The van der Waals surface area contributed by atoms with Gasteiger partial charge >= 0.3 is 5.97 Å². The lowest BCUT2D eigenvalue weighted by molar-refractivity contribution is -0.143. The first-order valence-electron chi connectivity index (χ1n) is 10.8. The van der Waals surface area contributed by atoms with Gasteiger partial charge in [0.15, 0.2) is 0 Å². The number of unbranched alkanes of at least 4 members (excludes halogenated alkanes) is 9. The van der Waals surface area contributed by atoms with Crippen LogP contribution in [0.25, 0.3) is 0 Å². The molecule has 1 fully saturated rings. The highest BCUT2D eigenvalue weighted by molar-refractivity contribution is 5.69. The maximum absolute atomic E-state index is 11.7. The molecule has 0 bridgehead atoms. The number of esters is 1. The van der Waals surface area contributed by atoms with Crippen LogP contribution in [0.2, 0.25) is 0 Å². The molecule has 0 aromatic carbocycles. The molecular formula is C22H41O2. The molecule has 0 aliphatic heterocycles. The van der Waals surface area contributed by atoms with Crippen molar-refractivity contribution in [2.45, 2.75) is 116 Å². The first kappa shape index (κ1) is 21.5. The van der Waals surface area contributed by atoms with Crippen molar-refractivity contribution in [2.75, 3.05) is 6.61 Å². The molecule has 1 rings (SSSR count). The Labute approximate surface area is 151 Å². The third-order valence-corrected chi connectivity index (χ3v) is 5.38. The zero-order chi connectivity index (χ0) is 17.3. The fraction of sp³-hybridized carbons (Fsp3) is 0.909. The maximum Gasteiger partial charge on any atom is 0.305 e. The summed E-state index contributed by atoms with van der Waals surface area (Å²) in [5.74, 6) is 0.999. The van der Waals surface area contributed by atoms with E-state index in [-0.39, 0.29) is 5.97 Å². The van der Waals surface area contributed by atoms with Crippen molar-refractivity contribution in [1.29, 1.82) is 0 Å². The van der Waals surface area contributed by atoms with E-state index in [0.29, 0.717) is 13.0 Å². The van der Waals surface area contributed by atoms with Crippen LogP contribution in [0.1, 0.15) is 116 Å². The molecule has 0 aromatic rings. The third kappa shape index (κ3) is 12.8. The van der Waals surface area contributed by atoms with Gasteiger partial charge in [-0.25, -0.2) is 0 Å². The molecule has 0 unspecified atom stereocenters. The van der Waals surface area contributed by atoms with Gasteiger partial charge in [0.1, 0.15) is 0 Å². The summed E-state index contributed by atoms with van der Waals surface area (Å²) >= 11 is 0. The number of hydrogen-bond acceptors (Lipinski definition) is 2. The molecule has 24 heavy (non-hydrogen) atoms. The molecule has 1 saturated carbocycles. The second-order valence-electron chi connectivity index (χ2n) is 7.65. The molecular weight excluding hydrogens is 296 g/mol. The quantitative estimate of drug-likeness (QED) is 0.237. The van der Waals surface area contributed by atoms with E-state index in [1.54, 1.807) is 0 Å². The number of ether oxygens (including phenoxy) is 1. The Kier molecular flexibility index (Phi) is 14.3. The Morgan fingerprint density at radius 3 is 2.12 bits per heavy atom. The van der Waals surface area contributed by atoms with E-state index in [4.69, 9.17) is 4.74 Å². The predicted molar refractivity (Wildman–Crippen MR) is 103 cm³/mol. The number of hydrogen-bond donors (Lipinski definition) is 0. The normalized spacial score (nSPS) is 15.5. The smallest absolute Gasteiger partial charge is 0.305 e. The van der Waals surface area contributed by atoms with Gasteiger partial charge in [-0.15, -0.1) is 0 Å². The lowest BCUT2D eigenvalue weighted by atomic mass is 9.86. The lowest BCUT2D eigenvalue weighted by Gasteiger charge is -2.21. The minimum Gasteiger partial charge on any atom is -0.466 e. The van der Waals surface area contributed by atoms with Crippen molar-refractivity contribution < 1.29 is 9.53 Å². The zero-order valence-corrected chi connectivity index (χ0v) is 16.0. The van der Waals surface area contributed by atoms with Gasteiger partial charge in [-0.2, -0.15) is 0 Å². The van der Waals surface area contributed by atoms with E-state index in [1.165, 1.54) is 89.9 Å². The highest BCUT2D eigenvalue weighted by atomic mass is 16.5. The summed E-state index contributed by atoms with van der Waals surface area (Å²) in [7, 11) is 0. The Balaban J connectivity index is 1.77. The Morgan fingerprint density at radius 1 is 0.792 bits per heavy atom. The minimum atomic E-state index is 0.0133. The monoisotopic (exact) mass is 337 g/mol. The molecule has 0 heterocycles. The zero-order valence-electron chi connectivity index (χ0n) is 16.0. The van der Waals surface area contributed by atoms with Crippen LogP contribution in [0.15, 0.2) is 0 Å². The summed E-state index contributed by atoms with van der Waals surface area (Å²) in [5.41, 5.74) is 0. The van der Waals surface area contributed by atoms with Crippen LogP contribution < -0.4 is 0 Å². The summed E-state index contributed by atoms with van der Waals surface area (Å²) in [6.45, 7) is 4.50. The van der Waals surface area contributed by atoms with E-state index >= 15 is 0 Å². The fourth-order valence-corrected chi connectivity index (χ4v) is 3.78. The summed E-state index contributed by atoms with van der Waals surface area (Å²) in [6.07, 6.45) is 22.5. The van der Waals surface area contributed by atoms with Gasteiger partial charge in [-0.3, -0.25) is 4.79 Å². The first-order chi connectivity index (χ1) is 11.8. The van der Waals surface area contributed by atoms with Gasteiger partial charge in [0.2, 0.25) is 0 Å². The third-order valence-electron chi connectivity index (χ3n) is 5.38. The summed E-state index contributed by atoms with van der Waals surface area (Å²) in [5, 5.41) is 0. The first-order valence-corrected chi connectivity index (χ1v) is 10.8. The minimum absolute atomic E-state index is 0.0133. The summed E-state index contributed by atoms with van der Waals surface area (Å²) < 4.78 is 5.35. The average molecular weight is 338 g/mol. The van der Waals surface area contributed by atoms with Gasteiger partial charge in [0, 0.05) is 6.42 Å². The molecule has 0 spiro atoms. The van der Waals surface area contributed by atoms with Crippen molar-refractivity contribution in [3.05, 3.63) is 6.92 Å². The van der Waals surface area contributed by atoms with Gasteiger partial charge in [-0.1, -0.05) is 103 Å². The topological polar surface area (TPSA) is 26.3 Å². The molecule has 1 radical (unpaired) electrons. The predicted octanol–water partition coefficient (Wildman–Crippen LogP) is 7.02. The molecule has 141 valence electrons. The van der Waals surface area contributed by atoms with Crippen LogP contribution in [0, 0.1) is 12.8 Å². The maximum atomic E-state index is 11.7. The fourth-order valence-electron chi connectivity index (χ4n) is 3.78. The Hall–Kier alpha value is -0.530. The molecule has 1 aliphatic rings. The molecule has 2 nitrogen and oxygen atoms in total. The van der Waals surface area contributed by atoms with Crippen LogP contribution in [-0.4, -0.2) is 12.6 Å². The van der Waals surface area contributed by atoms with Crippen LogP contribution in [0.5, 0.6) is 0 Å². The van der Waals surface area contributed by atoms with Crippen LogP contribution in [-0.2, 0) is 9.53 Å². The molecule has 2 heteroatoms. The van der Waals surface area contributed by atoms with Gasteiger partial charge in [0.25, 0.3) is 0 Å². The van der Waals surface area contributed by atoms with Crippen molar-refractivity contribution in [3.8, 4) is 0 Å². The lowest BCUT2D eigenvalue weighted by Crippen LogP contribution is -2.07. The van der Waals surface area contributed by atoms with Crippen molar-refractivity contribution in [3.63, 3.8) is 0 Å². The Bertz CT molecular complexity index is 282. The highest BCUT2D eigenvalue weighted by Gasteiger charge is 2.12. The van der Waals surface area contributed by atoms with Crippen LogP contribution >= 0.6 is 0 Å². The van der Waals surface area contributed by atoms with Crippen LogP contribution in [0.4, 0.5) is 0 Å². The van der Waals surface area contributed by atoms with Crippen molar-refractivity contribution in [2.24, 2.45) is 5.92 Å². The van der Waals surface area contributed by atoms with E-state index < -0.39 is 0 Å². The van der Waals surface area contributed by atoms with Gasteiger partial charge in [-0.05, 0) is 18.8 Å². The van der Waals surface area contributed by atoms with Crippen molar-refractivity contribution >= 4 is 5.97 Å². The van der Waals surface area contributed by atoms with E-state index in [9.17, 15) is 4.79 Å². The standard InChI is InChI=1S/C22H41O2/c1-2-3-4-5-6-7-8-14-19-22(23)24-20-15-10-13-18-21-16-11-9-12-17-21/h21H,1-20H2. The van der Waals surface area contributed by atoms with E-state index in [1.807, 2.05) is 0 Å². The number of carbonyl (C=O) groups excluding carboxylic acids is 1. The number of carbonyl (C=O) groups is 1. The summed E-state index contributed by atoms with van der Waals surface area (Å²) in [4.78, 5) is 11.7. The molecule has 0 amide bonds. The van der Waals surface area contributed by atoms with Gasteiger partial charge < -0.3 is 4.74 Å². The van der Waals surface area contributed by atoms with Crippen LogP contribution in [0.3, 0.4) is 0 Å². The number of rotatable bonds is 15. The second-order valence-corrected chi connectivity index (χ2v) is 7.65. The van der Waals surface area contributed by atoms with E-state index in [2.05, 4.69) is 6.92 Å². The molecule has 1 aliphatic carbocycles. The Morgan fingerprint density at radius 2 is 1.42 bits per heavy atom. The summed E-state index contributed by atoms with van der Waals surface area (Å²) in [6, 6.07) is 0. The molecule has 0 N–H and O–H groups in total. The van der Waals surface area contributed by atoms with E-state index in [0.717, 1.165) is 25.2 Å². The second kappa shape index (κ2) is 16.0. The SMILES string of the molecule is [CH2]CCCCCCCCCC(=O)OCCCCCC1CCCCC1. The van der Waals surface area contributed by atoms with Gasteiger partial charge in [0.05, 0.1) is 6.61 Å². The average Bonchev–Trinajstić information content (AvgIpc) is 2.61. The molecule has 0 saturated heterocycles.